The first kappa shape index (κ1) is 18.9. The monoisotopic (exact) mass is 412 g/mol. The number of furan rings is 1. The fourth-order valence-electron chi connectivity index (χ4n) is 2.85. The molecule has 0 N–H and O–H groups in total. The maximum absolute atomic E-state index is 14.1. The van der Waals surface area contributed by atoms with Gasteiger partial charge in [-0.3, -0.25) is 14.5 Å². The van der Waals surface area contributed by atoms with Crippen LogP contribution in [-0.2, 0) is 6.54 Å². The first-order valence-corrected chi connectivity index (χ1v) is 9.45. The highest BCUT2D eigenvalue weighted by atomic mass is 32.1. The van der Waals surface area contributed by atoms with Gasteiger partial charge in [-0.15, -0.1) is 0 Å². The molecule has 8 heteroatoms. The zero-order chi connectivity index (χ0) is 20.5. The lowest BCUT2D eigenvalue weighted by atomic mass is 10.1. The van der Waals surface area contributed by atoms with E-state index >= 15 is 0 Å². The van der Waals surface area contributed by atoms with Crippen molar-refractivity contribution in [2.45, 2.75) is 13.5 Å². The summed E-state index contributed by atoms with van der Waals surface area (Å²) >= 11 is 1.00. The predicted molar refractivity (Wildman–Crippen MR) is 105 cm³/mol. The summed E-state index contributed by atoms with van der Waals surface area (Å²) in [6.45, 7) is 1.50. The molecule has 0 atom stereocenters. The molecule has 4 aromatic rings. The summed E-state index contributed by atoms with van der Waals surface area (Å²) in [6, 6.07) is 11.5. The molecule has 0 fully saturated rings. The number of nitrogens with zero attached hydrogens (tertiary/aromatic N) is 2. The summed E-state index contributed by atoms with van der Waals surface area (Å²) in [5, 5.41) is 0.210. The van der Waals surface area contributed by atoms with Gasteiger partial charge in [0.05, 0.1) is 17.5 Å². The fraction of sp³-hybridized carbons (Fsp3) is 0.0952. The van der Waals surface area contributed by atoms with E-state index in [9.17, 15) is 18.4 Å². The first-order valence-electron chi connectivity index (χ1n) is 8.63. The number of ketones is 1. The second-order valence-electron chi connectivity index (χ2n) is 6.33. The number of carbonyl (C=O) groups excluding carboxylic acids is 2. The summed E-state index contributed by atoms with van der Waals surface area (Å²) in [6.07, 6.45) is 1.48. The number of carbonyl (C=O) groups is 2. The number of anilines is 1. The second kappa shape index (κ2) is 7.56. The van der Waals surface area contributed by atoms with E-state index in [4.69, 9.17) is 4.42 Å². The van der Waals surface area contributed by atoms with Gasteiger partial charge in [0.2, 0.25) is 0 Å². The molecule has 0 radical (unpaired) electrons. The third-order valence-electron chi connectivity index (χ3n) is 4.31. The number of fused-ring (bicyclic) bond motifs is 1. The summed E-state index contributed by atoms with van der Waals surface area (Å²) in [5.74, 6) is -1.52. The number of amides is 1. The Hall–Kier alpha value is -3.39. The van der Waals surface area contributed by atoms with Crippen LogP contribution in [0.2, 0.25) is 0 Å². The quantitative estimate of drug-likeness (QED) is 0.422. The Balaban J connectivity index is 1.76. The van der Waals surface area contributed by atoms with E-state index in [0.717, 1.165) is 17.4 Å². The van der Waals surface area contributed by atoms with Crippen molar-refractivity contribution in [3.05, 3.63) is 83.3 Å². The van der Waals surface area contributed by atoms with Crippen molar-refractivity contribution in [2.24, 2.45) is 0 Å². The van der Waals surface area contributed by atoms with Crippen LogP contribution in [-0.4, -0.2) is 16.7 Å². The van der Waals surface area contributed by atoms with Gasteiger partial charge in [-0.2, -0.15) is 0 Å². The van der Waals surface area contributed by atoms with Gasteiger partial charge >= 0.3 is 0 Å². The van der Waals surface area contributed by atoms with E-state index in [2.05, 4.69) is 4.98 Å². The number of thiazole rings is 1. The molecule has 0 aliphatic heterocycles. The molecular weight excluding hydrogens is 398 g/mol. The lowest BCUT2D eigenvalue weighted by Gasteiger charge is -2.19. The molecule has 2 heterocycles. The van der Waals surface area contributed by atoms with E-state index in [-0.39, 0.29) is 23.0 Å². The largest absolute Gasteiger partial charge is 0.467 e. The third kappa shape index (κ3) is 3.79. The Morgan fingerprint density at radius 1 is 1.10 bits per heavy atom. The van der Waals surface area contributed by atoms with Crippen LogP contribution in [0, 0.1) is 11.6 Å². The van der Waals surface area contributed by atoms with Crippen LogP contribution in [0.25, 0.3) is 10.2 Å². The molecule has 2 aromatic carbocycles. The molecule has 5 nitrogen and oxygen atoms in total. The number of benzene rings is 2. The molecule has 2 aromatic heterocycles. The van der Waals surface area contributed by atoms with E-state index in [0.29, 0.717) is 21.6 Å². The van der Waals surface area contributed by atoms with Crippen molar-refractivity contribution in [2.75, 3.05) is 4.90 Å². The van der Waals surface area contributed by atoms with Crippen LogP contribution in [0.15, 0.2) is 59.2 Å². The minimum absolute atomic E-state index is 0.00410. The maximum Gasteiger partial charge on any atom is 0.260 e. The molecule has 0 spiro atoms. The Labute approximate surface area is 168 Å². The van der Waals surface area contributed by atoms with Gasteiger partial charge in [-0.1, -0.05) is 23.5 Å². The average Bonchev–Trinajstić information content (AvgIpc) is 3.35. The standard InChI is InChI=1S/C21H14F2N2O3S/c1-12(26)13-4-6-14(7-5-13)20(27)25(11-16-3-2-8-28-16)21-24-19-17(23)9-15(22)10-18(19)29-21/h2-10H,11H2,1H3. The van der Waals surface area contributed by atoms with Crippen LogP contribution in [0.1, 0.15) is 33.4 Å². The van der Waals surface area contributed by atoms with Gasteiger partial charge in [0.25, 0.3) is 5.91 Å². The highest BCUT2D eigenvalue weighted by molar-refractivity contribution is 7.22. The highest BCUT2D eigenvalue weighted by Crippen LogP contribution is 2.33. The van der Waals surface area contributed by atoms with E-state index in [1.807, 2.05) is 0 Å². The molecule has 0 aliphatic carbocycles. The summed E-state index contributed by atoms with van der Waals surface area (Å²) in [5.41, 5.74) is 0.805. The Kier molecular flexibility index (Phi) is 4.94. The van der Waals surface area contributed by atoms with Gasteiger partial charge < -0.3 is 4.42 Å². The number of aromatic nitrogens is 1. The van der Waals surface area contributed by atoms with E-state index < -0.39 is 17.5 Å². The summed E-state index contributed by atoms with van der Waals surface area (Å²) < 4.78 is 33.3. The van der Waals surface area contributed by atoms with Gasteiger partial charge in [0, 0.05) is 17.2 Å². The molecule has 146 valence electrons. The van der Waals surface area contributed by atoms with E-state index in [1.54, 1.807) is 36.4 Å². The van der Waals surface area contributed by atoms with Crippen molar-refractivity contribution < 1.29 is 22.8 Å². The Morgan fingerprint density at radius 2 is 1.83 bits per heavy atom. The molecule has 0 saturated heterocycles. The molecule has 4 rings (SSSR count). The molecule has 0 aliphatic rings. The zero-order valence-electron chi connectivity index (χ0n) is 15.2. The number of rotatable bonds is 5. The van der Waals surface area contributed by atoms with Crippen LogP contribution >= 0.6 is 11.3 Å². The molecule has 29 heavy (non-hydrogen) atoms. The van der Waals surface area contributed by atoms with E-state index in [1.165, 1.54) is 24.2 Å². The number of Topliss-reactive ketones (excluding diaryl/α,β-unsaturated/α-hetero) is 1. The van der Waals surface area contributed by atoms with Gasteiger partial charge in [0.1, 0.15) is 17.1 Å². The van der Waals surface area contributed by atoms with Crippen LogP contribution in [0.4, 0.5) is 13.9 Å². The van der Waals surface area contributed by atoms with Gasteiger partial charge in [0.15, 0.2) is 16.7 Å². The highest BCUT2D eigenvalue weighted by Gasteiger charge is 2.24. The number of halogens is 2. The van der Waals surface area contributed by atoms with Crippen molar-refractivity contribution >= 4 is 38.4 Å². The van der Waals surface area contributed by atoms with Crippen molar-refractivity contribution in [1.29, 1.82) is 0 Å². The summed E-state index contributed by atoms with van der Waals surface area (Å²) in [4.78, 5) is 30.2. The van der Waals surface area contributed by atoms with Crippen molar-refractivity contribution in [3.8, 4) is 0 Å². The lowest BCUT2D eigenvalue weighted by Crippen LogP contribution is -2.30. The second-order valence-corrected chi connectivity index (χ2v) is 7.34. The van der Waals surface area contributed by atoms with Gasteiger partial charge in [-0.05, 0) is 37.3 Å². The fourth-order valence-corrected chi connectivity index (χ4v) is 3.85. The topological polar surface area (TPSA) is 63.4 Å². The zero-order valence-corrected chi connectivity index (χ0v) is 16.0. The normalized spacial score (nSPS) is 11.0. The molecule has 0 saturated carbocycles. The van der Waals surface area contributed by atoms with Gasteiger partial charge in [-0.25, -0.2) is 13.8 Å². The van der Waals surface area contributed by atoms with Crippen LogP contribution in [0.3, 0.4) is 0 Å². The maximum atomic E-state index is 14.1. The average molecular weight is 412 g/mol. The lowest BCUT2D eigenvalue weighted by molar-refractivity contribution is 0.0979. The Morgan fingerprint density at radius 3 is 2.48 bits per heavy atom. The first-order chi connectivity index (χ1) is 13.9. The van der Waals surface area contributed by atoms with Crippen molar-refractivity contribution in [1.82, 2.24) is 4.98 Å². The third-order valence-corrected chi connectivity index (χ3v) is 5.34. The molecule has 0 bridgehead atoms. The smallest absolute Gasteiger partial charge is 0.260 e. The molecule has 0 unspecified atom stereocenters. The minimum Gasteiger partial charge on any atom is -0.467 e. The molecule has 1 amide bonds. The number of hydrogen-bond donors (Lipinski definition) is 0. The Bertz CT molecular complexity index is 1200. The summed E-state index contributed by atoms with van der Waals surface area (Å²) in [7, 11) is 0. The molecular formula is C21H14F2N2O3S. The SMILES string of the molecule is CC(=O)c1ccc(C(=O)N(Cc2ccco2)c2nc3c(F)cc(F)cc3s2)cc1. The number of hydrogen-bond acceptors (Lipinski definition) is 5. The van der Waals surface area contributed by atoms with Crippen LogP contribution in [0.5, 0.6) is 0 Å². The predicted octanol–water partition coefficient (Wildman–Crippen LogP) is 5.22. The van der Waals surface area contributed by atoms with Crippen LogP contribution < -0.4 is 4.90 Å². The van der Waals surface area contributed by atoms with Crippen molar-refractivity contribution in [3.63, 3.8) is 0 Å². The minimum atomic E-state index is -0.793.